The van der Waals surface area contributed by atoms with E-state index in [2.05, 4.69) is 0 Å². The molecule has 4 heteroatoms. The molecule has 2 rings (SSSR count). The monoisotopic (exact) mass is 236 g/mol. The molecule has 2 aromatic carbocycles. The Kier molecular flexibility index (Phi) is 2.95. The van der Waals surface area contributed by atoms with E-state index in [0.29, 0.717) is 11.3 Å². The molecular weight excluding hydrogens is 226 g/mol. The fourth-order valence-corrected chi connectivity index (χ4v) is 1.54. The van der Waals surface area contributed by atoms with Crippen molar-refractivity contribution in [1.29, 1.82) is 0 Å². The maximum absolute atomic E-state index is 13.7. The summed E-state index contributed by atoms with van der Waals surface area (Å²) >= 11 is 0. The number of phenols is 1. The molecule has 0 aliphatic carbocycles. The third-order valence-corrected chi connectivity index (χ3v) is 2.43. The van der Waals surface area contributed by atoms with Gasteiger partial charge in [0.1, 0.15) is 11.6 Å². The molecule has 0 saturated carbocycles. The van der Waals surface area contributed by atoms with Crippen LogP contribution in [0, 0.1) is 11.6 Å². The molecule has 0 amide bonds. The Morgan fingerprint density at radius 3 is 2.35 bits per heavy atom. The number of methoxy groups -OCH3 is 1. The Bertz CT molecular complexity index is 553. The third-order valence-electron chi connectivity index (χ3n) is 2.43. The fourth-order valence-electron chi connectivity index (χ4n) is 1.54. The first-order chi connectivity index (χ1) is 8.11. The molecule has 0 heterocycles. The van der Waals surface area contributed by atoms with Gasteiger partial charge in [0, 0.05) is 11.6 Å². The Labute approximate surface area is 97.1 Å². The van der Waals surface area contributed by atoms with Gasteiger partial charge in [0.05, 0.1) is 7.11 Å². The molecule has 0 unspecified atom stereocenters. The van der Waals surface area contributed by atoms with Crippen LogP contribution in [0.25, 0.3) is 11.1 Å². The van der Waals surface area contributed by atoms with E-state index in [1.54, 1.807) is 6.07 Å². The molecule has 0 bridgehead atoms. The van der Waals surface area contributed by atoms with Gasteiger partial charge in [-0.1, -0.05) is 6.07 Å². The van der Waals surface area contributed by atoms with E-state index >= 15 is 0 Å². The van der Waals surface area contributed by atoms with Gasteiger partial charge in [-0.25, -0.2) is 8.78 Å². The molecule has 0 atom stereocenters. The largest absolute Gasteiger partial charge is 0.505 e. The number of phenolic OH excluding ortho intramolecular Hbond substituents is 1. The maximum atomic E-state index is 13.7. The normalized spacial score (nSPS) is 10.3. The van der Waals surface area contributed by atoms with E-state index < -0.39 is 17.4 Å². The molecule has 0 spiro atoms. The summed E-state index contributed by atoms with van der Waals surface area (Å²) in [5.74, 6) is -1.33. The second kappa shape index (κ2) is 4.41. The molecule has 2 nitrogen and oxygen atoms in total. The molecule has 88 valence electrons. The summed E-state index contributed by atoms with van der Waals surface area (Å²) in [7, 11) is 1.44. The average Bonchev–Trinajstić information content (AvgIpc) is 2.32. The zero-order chi connectivity index (χ0) is 12.4. The van der Waals surface area contributed by atoms with E-state index in [1.165, 1.54) is 31.4 Å². The predicted molar refractivity (Wildman–Crippen MR) is 60.0 cm³/mol. The van der Waals surface area contributed by atoms with E-state index in [9.17, 15) is 13.9 Å². The molecule has 1 N–H and O–H groups in total. The minimum atomic E-state index is -0.734. The van der Waals surface area contributed by atoms with Crippen LogP contribution in [0.5, 0.6) is 11.5 Å². The lowest BCUT2D eigenvalue weighted by atomic mass is 10.0. The number of aromatic hydroxyl groups is 1. The predicted octanol–water partition coefficient (Wildman–Crippen LogP) is 3.35. The van der Waals surface area contributed by atoms with Crippen LogP contribution in [0.1, 0.15) is 0 Å². The molecule has 0 radical (unpaired) electrons. The molecule has 0 aliphatic heterocycles. The molecular formula is C13H10F2O2. The maximum Gasteiger partial charge on any atom is 0.164 e. The second-order valence-electron chi connectivity index (χ2n) is 3.51. The number of halogens is 2. The van der Waals surface area contributed by atoms with Crippen molar-refractivity contribution >= 4 is 0 Å². The minimum Gasteiger partial charge on any atom is -0.505 e. The van der Waals surface area contributed by atoms with Crippen LogP contribution < -0.4 is 4.74 Å². The van der Waals surface area contributed by atoms with Crippen molar-refractivity contribution in [2.75, 3.05) is 7.11 Å². The lowest BCUT2D eigenvalue weighted by Gasteiger charge is -2.06. The standard InChI is InChI=1S/C13H10F2O2/c1-17-9-3-4-10(12(15)7-9)8-2-5-11(14)13(16)6-8/h2-7,16H,1H3. The zero-order valence-electron chi connectivity index (χ0n) is 9.08. The van der Waals surface area contributed by atoms with Gasteiger partial charge in [-0.05, 0) is 29.8 Å². The number of benzene rings is 2. The molecule has 17 heavy (non-hydrogen) atoms. The average molecular weight is 236 g/mol. The van der Waals surface area contributed by atoms with Gasteiger partial charge in [0.25, 0.3) is 0 Å². The first-order valence-electron chi connectivity index (χ1n) is 4.94. The second-order valence-corrected chi connectivity index (χ2v) is 3.51. The summed E-state index contributed by atoms with van der Waals surface area (Å²) in [6, 6.07) is 8.02. The Morgan fingerprint density at radius 1 is 1.00 bits per heavy atom. The van der Waals surface area contributed by atoms with E-state index in [1.807, 2.05) is 0 Å². The van der Waals surface area contributed by atoms with Crippen LogP contribution in [0.3, 0.4) is 0 Å². The molecule has 0 fully saturated rings. The highest BCUT2D eigenvalue weighted by molar-refractivity contribution is 5.66. The molecule has 0 aliphatic rings. The highest BCUT2D eigenvalue weighted by Crippen LogP contribution is 2.29. The van der Waals surface area contributed by atoms with Crippen LogP contribution in [0.2, 0.25) is 0 Å². The van der Waals surface area contributed by atoms with Gasteiger partial charge in [0.15, 0.2) is 11.6 Å². The fraction of sp³-hybridized carbons (Fsp3) is 0.0769. The van der Waals surface area contributed by atoms with Gasteiger partial charge in [-0.3, -0.25) is 0 Å². The van der Waals surface area contributed by atoms with Crippen LogP contribution in [0.4, 0.5) is 8.78 Å². The van der Waals surface area contributed by atoms with Crippen LogP contribution in [-0.4, -0.2) is 12.2 Å². The number of ether oxygens (including phenoxy) is 1. The van der Waals surface area contributed by atoms with E-state index in [-0.39, 0.29) is 5.56 Å². The number of hydrogen-bond acceptors (Lipinski definition) is 2. The van der Waals surface area contributed by atoms with E-state index in [4.69, 9.17) is 4.74 Å². The molecule has 0 saturated heterocycles. The van der Waals surface area contributed by atoms with Gasteiger partial charge < -0.3 is 9.84 Å². The van der Waals surface area contributed by atoms with Crippen molar-refractivity contribution in [1.82, 2.24) is 0 Å². The summed E-state index contributed by atoms with van der Waals surface area (Å²) in [4.78, 5) is 0. The Hall–Kier alpha value is -2.10. The first-order valence-corrected chi connectivity index (χ1v) is 4.94. The molecule has 0 aromatic heterocycles. The van der Waals surface area contributed by atoms with Crippen molar-refractivity contribution in [3.8, 4) is 22.6 Å². The first kappa shape index (κ1) is 11.4. The van der Waals surface area contributed by atoms with Gasteiger partial charge in [-0.2, -0.15) is 0 Å². The van der Waals surface area contributed by atoms with Crippen LogP contribution in [-0.2, 0) is 0 Å². The highest BCUT2D eigenvalue weighted by Gasteiger charge is 2.09. The number of hydrogen-bond donors (Lipinski definition) is 1. The summed E-state index contributed by atoms with van der Waals surface area (Å²) in [6.07, 6.45) is 0. The van der Waals surface area contributed by atoms with Gasteiger partial charge >= 0.3 is 0 Å². The highest BCUT2D eigenvalue weighted by atomic mass is 19.1. The Balaban J connectivity index is 2.49. The summed E-state index contributed by atoms with van der Waals surface area (Å²) in [5, 5.41) is 9.23. The van der Waals surface area contributed by atoms with Gasteiger partial charge in [-0.15, -0.1) is 0 Å². The zero-order valence-corrected chi connectivity index (χ0v) is 9.08. The topological polar surface area (TPSA) is 29.5 Å². The van der Waals surface area contributed by atoms with Gasteiger partial charge in [0.2, 0.25) is 0 Å². The van der Waals surface area contributed by atoms with Crippen molar-refractivity contribution < 1.29 is 18.6 Å². The van der Waals surface area contributed by atoms with Crippen LogP contribution >= 0.6 is 0 Å². The van der Waals surface area contributed by atoms with Crippen molar-refractivity contribution in [3.05, 3.63) is 48.0 Å². The Morgan fingerprint density at radius 2 is 1.76 bits per heavy atom. The van der Waals surface area contributed by atoms with Crippen molar-refractivity contribution in [2.24, 2.45) is 0 Å². The minimum absolute atomic E-state index is 0.279. The summed E-state index contributed by atoms with van der Waals surface area (Å²) in [5.41, 5.74) is 0.685. The summed E-state index contributed by atoms with van der Waals surface area (Å²) in [6.45, 7) is 0. The van der Waals surface area contributed by atoms with Crippen LogP contribution in [0.15, 0.2) is 36.4 Å². The SMILES string of the molecule is COc1ccc(-c2ccc(F)c(O)c2)c(F)c1. The lowest BCUT2D eigenvalue weighted by molar-refractivity contribution is 0.411. The van der Waals surface area contributed by atoms with Crippen molar-refractivity contribution in [2.45, 2.75) is 0 Å². The number of rotatable bonds is 2. The smallest absolute Gasteiger partial charge is 0.164 e. The quantitative estimate of drug-likeness (QED) is 0.866. The molecule has 2 aromatic rings. The summed E-state index contributed by atoms with van der Waals surface area (Å²) < 4.78 is 31.4. The lowest BCUT2D eigenvalue weighted by Crippen LogP contribution is -1.88. The third kappa shape index (κ3) is 2.20. The van der Waals surface area contributed by atoms with Crippen molar-refractivity contribution in [3.63, 3.8) is 0 Å². The van der Waals surface area contributed by atoms with E-state index in [0.717, 1.165) is 6.07 Å².